The van der Waals surface area contributed by atoms with Crippen LogP contribution in [0.15, 0.2) is 35.7 Å². The fourth-order valence-electron chi connectivity index (χ4n) is 1.89. The van der Waals surface area contributed by atoms with Crippen molar-refractivity contribution in [3.05, 3.63) is 47.0 Å². The Morgan fingerprint density at radius 2 is 2.00 bits per heavy atom. The summed E-state index contributed by atoms with van der Waals surface area (Å²) >= 11 is 3.08. The Bertz CT molecular complexity index is 703. The van der Waals surface area contributed by atoms with Crippen LogP contribution >= 0.6 is 22.7 Å². The number of nitrogens with zero attached hydrogens (tertiary/aromatic N) is 2. The van der Waals surface area contributed by atoms with Crippen LogP contribution in [-0.2, 0) is 6.54 Å². The van der Waals surface area contributed by atoms with Crippen LogP contribution in [0.5, 0.6) is 0 Å². The molecule has 0 saturated heterocycles. The maximum atomic E-state index is 5.73. The van der Waals surface area contributed by atoms with Gasteiger partial charge < -0.3 is 11.1 Å². The number of aromatic nitrogens is 2. The van der Waals surface area contributed by atoms with E-state index in [9.17, 15) is 0 Å². The minimum Gasteiger partial charge on any atom is -0.375 e. The van der Waals surface area contributed by atoms with Gasteiger partial charge in [-0.2, -0.15) is 0 Å². The maximum Gasteiger partial charge on any atom is 0.183 e. The van der Waals surface area contributed by atoms with Gasteiger partial charge in [-0.25, -0.2) is 9.97 Å². The van der Waals surface area contributed by atoms with Crippen LogP contribution in [0, 0.1) is 6.92 Å². The number of anilines is 2. The molecule has 0 atom stereocenters. The molecule has 0 radical (unpaired) electrons. The summed E-state index contributed by atoms with van der Waals surface area (Å²) in [6.07, 6.45) is 0. The molecule has 3 N–H and O–H groups in total. The topological polar surface area (TPSA) is 63.8 Å². The van der Waals surface area contributed by atoms with Gasteiger partial charge in [0.05, 0.1) is 16.3 Å². The van der Waals surface area contributed by atoms with E-state index in [2.05, 4.69) is 27.4 Å². The minimum absolute atomic E-state index is 0.587. The number of rotatable bonds is 4. The lowest BCUT2D eigenvalue weighted by Crippen LogP contribution is -1.98. The van der Waals surface area contributed by atoms with Crippen molar-refractivity contribution in [2.75, 3.05) is 11.1 Å². The lowest BCUT2D eigenvalue weighted by atomic mass is 10.2. The van der Waals surface area contributed by atoms with E-state index in [0.29, 0.717) is 5.13 Å². The monoisotopic (exact) mass is 302 g/mol. The number of benzene rings is 1. The van der Waals surface area contributed by atoms with Gasteiger partial charge >= 0.3 is 0 Å². The summed E-state index contributed by atoms with van der Waals surface area (Å²) in [5, 5.41) is 6.87. The van der Waals surface area contributed by atoms with Crippen molar-refractivity contribution in [2.24, 2.45) is 0 Å². The molecule has 2 aromatic heterocycles. The Kier molecular flexibility index (Phi) is 3.66. The van der Waals surface area contributed by atoms with Crippen molar-refractivity contribution >= 4 is 32.9 Å². The van der Waals surface area contributed by atoms with Crippen molar-refractivity contribution in [2.45, 2.75) is 13.5 Å². The van der Waals surface area contributed by atoms with E-state index in [4.69, 9.17) is 5.73 Å². The van der Waals surface area contributed by atoms with Gasteiger partial charge in [0.1, 0.15) is 0 Å². The predicted octanol–water partition coefficient (Wildman–Crippen LogP) is 3.77. The van der Waals surface area contributed by atoms with Crippen LogP contribution in [-0.4, -0.2) is 9.97 Å². The zero-order valence-corrected chi connectivity index (χ0v) is 12.6. The quantitative estimate of drug-likeness (QED) is 0.770. The van der Waals surface area contributed by atoms with Crippen LogP contribution in [0.4, 0.5) is 10.3 Å². The summed E-state index contributed by atoms with van der Waals surface area (Å²) < 4.78 is 0. The highest BCUT2D eigenvalue weighted by molar-refractivity contribution is 7.19. The molecule has 0 fully saturated rings. The average molecular weight is 302 g/mol. The van der Waals surface area contributed by atoms with Gasteiger partial charge in [-0.1, -0.05) is 41.7 Å². The highest BCUT2D eigenvalue weighted by atomic mass is 32.1. The van der Waals surface area contributed by atoms with Crippen molar-refractivity contribution < 1.29 is 0 Å². The first-order chi connectivity index (χ1) is 9.72. The maximum absolute atomic E-state index is 5.73. The molecular formula is C14H14N4S2. The highest BCUT2D eigenvalue weighted by Crippen LogP contribution is 2.33. The number of aryl methyl sites for hydroxylation is 1. The molecule has 0 unspecified atom stereocenters. The first-order valence-corrected chi connectivity index (χ1v) is 7.88. The van der Waals surface area contributed by atoms with Crippen molar-refractivity contribution in [1.82, 2.24) is 9.97 Å². The predicted molar refractivity (Wildman–Crippen MR) is 86.1 cm³/mol. The van der Waals surface area contributed by atoms with Gasteiger partial charge in [-0.3, -0.25) is 0 Å². The molecule has 0 aliphatic heterocycles. The van der Waals surface area contributed by atoms with Crippen LogP contribution in [0.25, 0.3) is 10.6 Å². The Morgan fingerprint density at radius 1 is 1.20 bits per heavy atom. The number of nitrogens with one attached hydrogen (secondary N) is 1. The molecule has 0 amide bonds. The molecular weight excluding hydrogens is 288 g/mol. The fraction of sp³-hybridized carbons (Fsp3) is 0.143. The molecule has 0 aliphatic rings. The molecule has 0 bridgehead atoms. The zero-order chi connectivity index (χ0) is 13.9. The second-order valence-corrected chi connectivity index (χ2v) is 6.23. The molecule has 6 heteroatoms. The van der Waals surface area contributed by atoms with E-state index in [1.54, 1.807) is 11.3 Å². The van der Waals surface area contributed by atoms with Crippen molar-refractivity contribution in [1.29, 1.82) is 0 Å². The molecule has 0 aliphatic carbocycles. The second-order valence-electron chi connectivity index (χ2n) is 4.34. The Balaban J connectivity index is 1.73. The number of nitrogens with two attached hydrogens (primary N) is 1. The molecule has 4 nitrogen and oxygen atoms in total. The summed E-state index contributed by atoms with van der Waals surface area (Å²) in [4.78, 5) is 9.87. The normalized spacial score (nSPS) is 10.7. The third-order valence-electron chi connectivity index (χ3n) is 2.84. The second kappa shape index (κ2) is 5.60. The first-order valence-electron chi connectivity index (χ1n) is 6.19. The van der Waals surface area contributed by atoms with Gasteiger partial charge in [0.2, 0.25) is 0 Å². The Hall–Kier alpha value is -1.92. The molecule has 3 aromatic rings. The molecule has 2 heterocycles. The average Bonchev–Trinajstić information content (AvgIpc) is 3.04. The largest absolute Gasteiger partial charge is 0.375 e. The lowest BCUT2D eigenvalue weighted by molar-refractivity contribution is 1.13. The van der Waals surface area contributed by atoms with Crippen LogP contribution in [0.1, 0.15) is 11.3 Å². The smallest absolute Gasteiger partial charge is 0.183 e. The van der Waals surface area contributed by atoms with Gasteiger partial charge in [0, 0.05) is 11.9 Å². The van der Waals surface area contributed by atoms with Crippen molar-refractivity contribution in [3.8, 4) is 10.6 Å². The van der Waals surface area contributed by atoms with Crippen molar-refractivity contribution in [3.63, 3.8) is 0 Å². The summed E-state index contributed by atoms with van der Waals surface area (Å²) in [5.41, 5.74) is 8.84. The first kappa shape index (κ1) is 13.1. The third-order valence-corrected chi connectivity index (χ3v) is 4.65. The molecule has 20 heavy (non-hydrogen) atoms. The molecule has 102 valence electrons. The van der Waals surface area contributed by atoms with Crippen LogP contribution in [0.3, 0.4) is 0 Å². The standard InChI is InChI=1S/C14H14N4S2/c1-9-12(20-13(15)17-9)11-8-19-14(18-11)16-7-10-5-3-2-4-6-10/h2-6,8H,7H2,1H3,(H2,15,17)(H,16,18). The number of hydrogen-bond acceptors (Lipinski definition) is 6. The fourth-order valence-corrected chi connectivity index (χ4v) is 3.46. The summed E-state index contributed by atoms with van der Waals surface area (Å²) in [6, 6.07) is 10.3. The number of hydrogen-bond donors (Lipinski definition) is 2. The van der Waals surface area contributed by atoms with Crippen LogP contribution in [0.2, 0.25) is 0 Å². The number of nitrogen functional groups attached to an aromatic ring is 1. The van der Waals surface area contributed by atoms with E-state index >= 15 is 0 Å². The Morgan fingerprint density at radius 3 is 2.70 bits per heavy atom. The Labute approximate surface area is 125 Å². The van der Waals surface area contributed by atoms with E-state index < -0.39 is 0 Å². The molecule has 0 saturated carbocycles. The van der Waals surface area contributed by atoms with Gasteiger partial charge in [-0.05, 0) is 12.5 Å². The van der Waals surface area contributed by atoms with E-state index in [1.165, 1.54) is 16.9 Å². The van der Waals surface area contributed by atoms with E-state index in [0.717, 1.165) is 27.9 Å². The molecule has 3 rings (SSSR count). The summed E-state index contributed by atoms with van der Waals surface area (Å²) in [5.74, 6) is 0. The van der Waals surface area contributed by atoms with Gasteiger partial charge in [0.25, 0.3) is 0 Å². The van der Waals surface area contributed by atoms with E-state index in [-0.39, 0.29) is 0 Å². The molecule has 0 spiro atoms. The van der Waals surface area contributed by atoms with Gasteiger partial charge in [0.15, 0.2) is 10.3 Å². The summed E-state index contributed by atoms with van der Waals surface area (Å²) in [7, 11) is 0. The van der Waals surface area contributed by atoms with Gasteiger partial charge in [-0.15, -0.1) is 11.3 Å². The number of thiazole rings is 2. The SMILES string of the molecule is Cc1nc(N)sc1-c1csc(NCc2ccccc2)n1. The highest BCUT2D eigenvalue weighted by Gasteiger charge is 2.11. The zero-order valence-electron chi connectivity index (χ0n) is 11.0. The molecule has 1 aromatic carbocycles. The summed E-state index contributed by atoms with van der Waals surface area (Å²) in [6.45, 7) is 2.73. The minimum atomic E-state index is 0.587. The lowest BCUT2D eigenvalue weighted by Gasteiger charge is -2.01. The third kappa shape index (κ3) is 2.81. The van der Waals surface area contributed by atoms with E-state index in [1.807, 2.05) is 30.5 Å². The van der Waals surface area contributed by atoms with Crippen LogP contribution < -0.4 is 11.1 Å².